The Labute approximate surface area is 90.1 Å². The lowest BCUT2D eigenvalue weighted by molar-refractivity contribution is -0.139. The molecule has 1 atom stereocenters. The Morgan fingerprint density at radius 1 is 1.40 bits per heavy atom. The molecule has 0 saturated carbocycles. The Kier molecular flexibility index (Phi) is 4.84. The average Bonchev–Trinajstić information content (AvgIpc) is 2.25. The van der Waals surface area contributed by atoms with Gasteiger partial charge in [-0.05, 0) is 18.5 Å². The summed E-state index contributed by atoms with van der Waals surface area (Å²) >= 11 is 0. The third-order valence-electron chi connectivity index (χ3n) is 2.26. The van der Waals surface area contributed by atoms with Crippen LogP contribution in [0, 0.1) is 0 Å². The molecule has 0 spiro atoms. The number of carboxylic acids is 1. The molecule has 1 aromatic rings. The number of carbonyl (C=O) groups is 1. The minimum absolute atomic E-state index is 0.585. The molecule has 0 aliphatic rings. The van der Waals surface area contributed by atoms with Gasteiger partial charge in [0.1, 0.15) is 6.04 Å². The van der Waals surface area contributed by atoms with Crippen molar-refractivity contribution in [2.75, 3.05) is 6.54 Å². The van der Waals surface area contributed by atoms with Crippen molar-refractivity contribution >= 4 is 5.97 Å². The lowest BCUT2D eigenvalue weighted by Crippen LogP contribution is -2.29. The van der Waals surface area contributed by atoms with E-state index >= 15 is 0 Å². The quantitative estimate of drug-likeness (QED) is 0.703. The number of unbranched alkanes of at least 4 members (excludes halogenated alkanes) is 1. The number of hydrogen-bond acceptors (Lipinski definition) is 2. The van der Waals surface area contributed by atoms with Crippen LogP contribution in [-0.4, -0.2) is 17.6 Å². The van der Waals surface area contributed by atoms with Gasteiger partial charge in [0, 0.05) is 0 Å². The SMILES string of the molecule is CCCCN[C@H](C(=O)O)c1ccccc1. The Morgan fingerprint density at radius 2 is 2.07 bits per heavy atom. The molecule has 0 aliphatic heterocycles. The van der Waals surface area contributed by atoms with Gasteiger partial charge in [0.25, 0.3) is 0 Å². The number of benzene rings is 1. The fourth-order valence-corrected chi connectivity index (χ4v) is 1.42. The van der Waals surface area contributed by atoms with E-state index in [0.717, 1.165) is 24.9 Å². The van der Waals surface area contributed by atoms with E-state index in [1.165, 1.54) is 0 Å². The van der Waals surface area contributed by atoms with Crippen molar-refractivity contribution in [2.45, 2.75) is 25.8 Å². The molecule has 0 fully saturated rings. The predicted octanol–water partition coefficient (Wildman–Crippen LogP) is 2.20. The molecule has 0 aliphatic carbocycles. The largest absolute Gasteiger partial charge is 0.480 e. The number of aliphatic carboxylic acids is 1. The van der Waals surface area contributed by atoms with Crippen molar-refractivity contribution in [3.05, 3.63) is 35.9 Å². The van der Waals surface area contributed by atoms with Crippen LogP contribution >= 0.6 is 0 Å². The second-order valence-corrected chi connectivity index (χ2v) is 3.49. The summed E-state index contributed by atoms with van der Waals surface area (Å²) in [5, 5.41) is 12.1. The van der Waals surface area contributed by atoms with Gasteiger partial charge in [0.2, 0.25) is 0 Å². The summed E-state index contributed by atoms with van der Waals surface area (Å²) in [6, 6.07) is 8.67. The summed E-state index contributed by atoms with van der Waals surface area (Å²) in [7, 11) is 0. The molecule has 3 heteroatoms. The molecule has 0 heterocycles. The zero-order valence-electron chi connectivity index (χ0n) is 8.94. The lowest BCUT2D eigenvalue weighted by atomic mass is 10.1. The first-order valence-corrected chi connectivity index (χ1v) is 5.27. The van der Waals surface area contributed by atoms with E-state index in [2.05, 4.69) is 12.2 Å². The minimum atomic E-state index is -0.822. The lowest BCUT2D eigenvalue weighted by Gasteiger charge is -2.14. The van der Waals surface area contributed by atoms with Crippen LogP contribution in [0.3, 0.4) is 0 Å². The topological polar surface area (TPSA) is 49.3 Å². The third-order valence-corrected chi connectivity index (χ3v) is 2.26. The van der Waals surface area contributed by atoms with Crippen molar-refractivity contribution in [2.24, 2.45) is 0 Å². The highest BCUT2D eigenvalue weighted by atomic mass is 16.4. The van der Waals surface area contributed by atoms with Crippen molar-refractivity contribution < 1.29 is 9.90 Å². The van der Waals surface area contributed by atoms with E-state index in [-0.39, 0.29) is 0 Å². The van der Waals surface area contributed by atoms with E-state index < -0.39 is 12.0 Å². The first-order chi connectivity index (χ1) is 7.25. The standard InChI is InChI=1S/C12H17NO2/c1-2-3-9-13-11(12(14)15)10-7-5-4-6-8-10/h4-8,11,13H,2-3,9H2,1H3,(H,14,15)/t11-/m0/s1. The van der Waals surface area contributed by atoms with Crippen LogP contribution in [0.2, 0.25) is 0 Å². The fraction of sp³-hybridized carbons (Fsp3) is 0.417. The predicted molar refractivity (Wildman–Crippen MR) is 59.7 cm³/mol. The normalized spacial score (nSPS) is 12.3. The molecular weight excluding hydrogens is 190 g/mol. The van der Waals surface area contributed by atoms with Crippen LogP contribution < -0.4 is 5.32 Å². The van der Waals surface area contributed by atoms with E-state index in [0.29, 0.717) is 0 Å². The molecule has 1 rings (SSSR count). The van der Waals surface area contributed by atoms with Gasteiger partial charge < -0.3 is 10.4 Å². The zero-order valence-corrected chi connectivity index (χ0v) is 8.94. The highest BCUT2D eigenvalue weighted by Crippen LogP contribution is 2.12. The summed E-state index contributed by atoms with van der Waals surface area (Å²) in [5.74, 6) is -0.822. The van der Waals surface area contributed by atoms with Gasteiger partial charge in [0.05, 0.1) is 0 Å². The molecule has 15 heavy (non-hydrogen) atoms. The van der Waals surface area contributed by atoms with Crippen LogP contribution in [0.4, 0.5) is 0 Å². The molecule has 82 valence electrons. The van der Waals surface area contributed by atoms with Gasteiger partial charge in [-0.2, -0.15) is 0 Å². The van der Waals surface area contributed by atoms with Crippen LogP contribution in [0.25, 0.3) is 0 Å². The Hall–Kier alpha value is -1.35. The van der Waals surface area contributed by atoms with Crippen LogP contribution in [-0.2, 0) is 4.79 Å². The molecule has 0 amide bonds. The third kappa shape index (κ3) is 3.72. The van der Waals surface area contributed by atoms with Gasteiger partial charge in [-0.15, -0.1) is 0 Å². The number of nitrogens with one attached hydrogen (secondary N) is 1. The van der Waals surface area contributed by atoms with E-state index in [1.54, 1.807) is 0 Å². The highest BCUT2D eigenvalue weighted by Gasteiger charge is 2.17. The van der Waals surface area contributed by atoms with Crippen molar-refractivity contribution in [3.63, 3.8) is 0 Å². The number of carboxylic acid groups (broad SMARTS) is 1. The first kappa shape index (κ1) is 11.7. The highest BCUT2D eigenvalue weighted by molar-refractivity contribution is 5.75. The van der Waals surface area contributed by atoms with Gasteiger partial charge in [0.15, 0.2) is 0 Å². The van der Waals surface area contributed by atoms with Crippen LogP contribution in [0.5, 0.6) is 0 Å². The van der Waals surface area contributed by atoms with Crippen molar-refractivity contribution in [1.29, 1.82) is 0 Å². The first-order valence-electron chi connectivity index (χ1n) is 5.27. The molecule has 0 bridgehead atoms. The van der Waals surface area contributed by atoms with Gasteiger partial charge in [-0.1, -0.05) is 43.7 Å². The molecule has 3 nitrogen and oxygen atoms in total. The van der Waals surface area contributed by atoms with Crippen LogP contribution in [0.1, 0.15) is 31.4 Å². The van der Waals surface area contributed by atoms with Crippen LogP contribution in [0.15, 0.2) is 30.3 Å². The summed E-state index contributed by atoms with van der Waals surface area (Å²) in [5.41, 5.74) is 0.807. The van der Waals surface area contributed by atoms with Gasteiger partial charge in [-0.25, -0.2) is 0 Å². The Bertz CT molecular complexity index is 298. The summed E-state index contributed by atoms with van der Waals surface area (Å²) in [6.45, 7) is 2.82. The monoisotopic (exact) mass is 207 g/mol. The maximum atomic E-state index is 11.0. The second kappa shape index (κ2) is 6.19. The molecule has 0 saturated heterocycles. The van der Waals surface area contributed by atoms with E-state index in [1.807, 2.05) is 30.3 Å². The summed E-state index contributed by atoms with van der Waals surface area (Å²) < 4.78 is 0. The number of rotatable bonds is 6. The van der Waals surface area contributed by atoms with Crippen molar-refractivity contribution in [1.82, 2.24) is 5.32 Å². The Balaban J connectivity index is 2.62. The average molecular weight is 207 g/mol. The van der Waals surface area contributed by atoms with E-state index in [4.69, 9.17) is 5.11 Å². The van der Waals surface area contributed by atoms with Gasteiger partial charge in [-0.3, -0.25) is 4.79 Å². The smallest absolute Gasteiger partial charge is 0.325 e. The molecular formula is C12H17NO2. The maximum Gasteiger partial charge on any atom is 0.325 e. The van der Waals surface area contributed by atoms with Crippen molar-refractivity contribution in [3.8, 4) is 0 Å². The molecule has 0 aromatic heterocycles. The number of hydrogen-bond donors (Lipinski definition) is 2. The summed E-state index contributed by atoms with van der Waals surface area (Å²) in [4.78, 5) is 11.0. The molecule has 2 N–H and O–H groups in total. The fourth-order valence-electron chi connectivity index (χ4n) is 1.42. The summed E-state index contributed by atoms with van der Waals surface area (Å²) in [6.07, 6.45) is 2.06. The molecule has 0 unspecified atom stereocenters. The molecule has 1 aromatic carbocycles. The van der Waals surface area contributed by atoms with Gasteiger partial charge >= 0.3 is 5.97 Å². The second-order valence-electron chi connectivity index (χ2n) is 3.49. The maximum absolute atomic E-state index is 11.0. The zero-order chi connectivity index (χ0) is 11.1. The molecule has 0 radical (unpaired) electrons. The Morgan fingerprint density at radius 3 is 2.60 bits per heavy atom. The van der Waals surface area contributed by atoms with E-state index in [9.17, 15) is 4.79 Å². The minimum Gasteiger partial charge on any atom is -0.480 e.